The van der Waals surface area contributed by atoms with E-state index in [-0.39, 0.29) is 5.88 Å². The smallest absolute Gasteiger partial charge is 0.256 e. The maximum Gasteiger partial charge on any atom is 0.256 e. The third-order valence-corrected chi connectivity index (χ3v) is 3.47. The van der Waals surface area contributed by atoms with Crippen molar-refractivity contribution in [2.24, 2.45) is 0 Å². The van der Waals surface area contributed by atoms with Crippen LogP contribution in [0.1, 0.15) is 13.3 Å². The largest absolute Gasteiger partial charge is 0.660 e. The fourth-order valence-corrected chi connectivity index (χ4v) is 2.57. The third-order valence-electron chi connectivity index (χ3n) is 2.14. The van der Waals surface area contributed by atoms with Crippen LogP contribution in [0.5, 0.6) is 0 Å². The van der Waals surface area contributed by atoms with Crippen LogP contribution >= 0.6 is 11.8 Å². The monoisotopic (exact) mass is 200 g/mol. The van der Waals surface area contributed by atoms with Crippen LogP contribution in [0.3, 0.4) is 0 Å². The van der Waals surface area contributed by atoms with Crippen molar-refractivity contribution in [3.05, 3.63) is 11.9 Å². The standard InChI is InChI=1S/C7H12N4OS/c1-5-6(2-3-13-5)9-11-4-7(8)12-10-11/h4-6,8H,2-3H2,1H3,(H,9,10). The molecule has 2 rings (SSSR count). The van der Waals surface area contributed by atoms with E-state index in [1.54, 1.807) is 0 Å². The maximum atomic E-state index is 7.14. The highest BCUT2D eigenvalue weighted by atomic mass is 32.2. The molecule has 2 atom stereocenters. The molecule has 0 amide bonds. The average Bonchev–Trinajstić information content (AvgIpc) is 2.64. The molecule has 1 fully saturated rings. The molecule has 1 aliphatic rings. The van der Waals surface area contributed by atoms with Crippen LogP contribution < -0.4 is 10.2 Å². The Morgan fingerprint density at radius 3 is 3.23 bits per heavy atom. The van der Waals surface area contributed by atoms with Crippen LogP contribution in [0.4, 0.5) is 5.88 Å². The van der Waals surface area contributed by atoms with E-state index in [1.165, 1.54) is 16.7 Å². The molecule has 0 aliphatic carbocycles. The molecule has 2 N–H and O–H groups in total. The van der Waals surface area contributed by atoms with E-state index in [0.29, 0.717) is 11.3 Å². The van der Waals surface area contributed by atoms with Crippen molar-refractivity contribution < 1.29 is 9.31 Å². The first kappa shape index (κ1) is 8.68. The van der Waals surface area contributed by atoms with E-state index < -0.39 is 0 Å². The lowest BCUT2D eigenvalue weighted by atomic mass is 10.2. The first-order chi connectivity index (χ1) is 6.25. The summed E-state index contributed by atoms with van der Waals surface area (Å²) in [5.74, 6) is 1.26. The molecule has 6 heteroatoms. The van der Waals surface area contributed by atoms with Crippen LogP contribution in [0.25, 0.3) is 5.73 Å². The molecule has 72 valence electrons. The van der Waals surface area contributed by atoms with Crippen molar-refractivity contribution >= 4 is 17.6 Å². The molecule has 13 heavy (non-hydrogen) atoms. The molecule has 0 bridgehead atoms. The minimum Gasteiger partial charge on any atom is -0.660 e. The van der Waals surface area contributed by atoms with E-state index in [9.17, 15) is 0 Å². The van der Waals surface area contributed by atoms with E-state index in [4.69, 9.17) is 5.73 Å². The number of hydrogen-bond acceptors (Lipinski definition) is 4. The number of aromatic nitrogens is 2. The van der Waals surface area contributed by atoms with E-state index in [0.717, 1.165) is 6.42 Å². The van der Waals surface area contributed by atoms with Gasteiger partial charge in [0.05, 0.1) is 10.8 Å². The van der Waals surface area contributed by atoms with E-state index >= 15 is 0 Å². The zero-order valence-electron chi connectivity index (χ0n) is 7.36. The second kappa shape index (κ2) is 3.45. The van der Waals surface area contributed by atoms with Crippen molar-refractivity contribution in [3.63, 3.8) is 0 Å². The summed E-state index contributed by atoms with van der Waals surface area (Å²) in [6, 6.07) is 0.430. The minimum absolute atomic E-state index is 0.0748. The lowest BCUT2D eigenvalue weighted by Gasteiger charge is -2.09. The Morgan fingerprint density at radius 1 is 1.85 bits per heavy atom. The summed E-state index contributed by atoms with van der Waals surface area (Å²) < 4.78 is 4.62. The summed E-state index contributed by atoms with van der Waals surface area (Å²) in [7, 11) is 0. The summed E-state index contributed by atoms with van der Waals surface area (Å²) in [6.07, 6.45) is 2.66. The van der Waals surface area contributed by atoms with Crippen molar-refractivity contribution in [3.8, 4) is 0 Å². The van der Waals surface area contributed by atoms with Crippen molar-refractivity contribution in [1.29, 1.82) is 0 Å². The number of nitrogens with zero attached hydrogens (tertiary/aromatic N) is 2. The predicted molar refractivity (Wildman–Crippen MR) is 50.4 cm³/mol. The van der Waals surface area contributed by atoms with Gasteiger partial charge in [0.25, 0.3) is 6.20 Å². The molecule has 0 aromatic carbocycles. The van der Waals surface area contributed by atoms with Crippen LogP contribution in [-0.4, -0.2) is 22.3 Å². The topological polar surface area (TPSA) is 65.7 Å². The number of hydrogen-bond donors (Lipinski definition) is 1. The number of rotatable bonds is 2. The van der Waals surface area contributed by atoms with Gasteiger partial charge in [-0.1, -0.05) is 6.92 Å². The third kappa shape index (κ3) is 1.88. The number of nitrogens with one attached hydrogen (secondary N) is 2. The molecular weight excluding hydrogens is 188 g/mol. The molecule has 1 saturated heterocycles. The van der Waals surface area contributed by atoms with Gasteiger partial charge in [-0.2, -0.15) is 17.2 Å². The van der Waals surface area contributed by atoms with Crippen LogP contribution in [-0.2, 0) is 0 Å². The van der Waals surface area contributed by atoms with Crippen LogP contribution in [0.15, 0.2) is 10.7 Å². The molecule has 1 aromatic rings. The summed E-state index contributed by atoms with van der Waals surface area (Å²) in [5, 5.41) is 4.24. The van der Waals surface area contributed by atoms with E-state index in [1.807, 2.05) is 11.8 Å². The van der Waals surface area contributed by atoms with Crippen molar-refractivity contribution in [1.82, 2.24) is 5.27 Å². The highest BCUT2D eigenvalue weighted by molar-refractivity contribution is 8.00. The Balaban J connectivity index is 1.97. The quantitative estimate of drug-likeness (QED) is 0.725. The molecule has 2 heterocycles. The Kier molecular flexibility index (Phi) is 2.30. The fourth-order valence-electron chi connectivity index (χ4n) is 1.38. The zero-order chi connectivity index (χ0) is 9.26. The Morgan fingerprint density at radius 2 is 2.69 bits per heavy atom. The van der Waals surface area contributed by atoms with Gasteiger partial charge >= 0.3 is 0 Å². The van der Waals surface area contributed by atoms with Crippen molar-refractivity contribution in [2.75, 3.05) is 11.2 Å². The van der Waals surface area contributed by atoms with Gasteiger partial charge < -0.3 is 10.3 Å². The summed E-state index contributed by atoms with van der Waals surface area (Å²) in [5.41, 5.74) is 10.3. The fraction of sp³-hybridized carbons (Fsp3) is 0.714. The first-order valence-electron chi connectivity index (χ1n) is 4.24. The number of thioether (sulfide) groups is 1. The van der Waals surface area contributed by atoms with Gasteiger partial charge in [0, 0.05) is 5.25 Å². The highest BCUT2D eigenvalue weighted by Crippen LogP contribution is 2.25. The molecule has 0 saturated carbocycles. The second-order valence-corrected chi connectivity index (χ2v) is 4.60. The second-order valence-electron chi connectivity index (χ2n) is 3.11. The molecule has 2 unspecified atom stereocenters. The predicted octanol–water partition coefficient (Wildman–Crippen LogP) is 1.08. The maximum absolute atomic E-state index is 7.14. The zero-order valence-corrected chi connectivity index (χ0v) is 8.17. The van der Waals surface area contributed by atoms with Gasteiger partial charge in [-0.15, -0.1) is 0 Å². The normalized spacial score (nSPS) is 27.8. The lowest BCUT2D eigenvalue weighted by Crippen LogP contribution is -2.52. The first-order valence-corrected chi connectivity index (χ1v) is 5.29. The van der Waals surface area contributed by atoms with Gasteiger partial charge in [0.2, 0.25) is 5.27 Å². The molecule has 1 aromatic heterocycles. The summed E-state index contributed by atoms with van der Waals surface area (Å²) in [6.45, 7) is 2.19. The van der Waals surface area contributed by atoms with Gasteiger partial charge in [0.15, 0.2) is 0 Å². The van der Waals surface area contributed by atoms with Crippen LogP contribution in [0, 0.1) is 0 Å². The Hall–Kier alpha value is -0.910. The Bertz CT molecular complexity index is 290. The van der Waals surface area contributed by atoms with Gasteiger partial charge in [-0.25, -0.2) is 0 Å². The average molecular weight is 200 g/mol. The highest BCUT2D eigenvalue weighted by Gasteiger charge is 2.27. The van der Waals surface area contributed by atoms with Gasteiger partial charge in [-0.05, 0) is 12.2 Å². The SMILES string of the molecule is CC1SCCC1N[n+]1cc([NH-])on1. The van der Waals surface area contributed by atoms with Crippen LogP contribution in [0.2, 0.25) is 0 Å². The minimum atomic E-state index is 0.0748. The van der Waals surface area contributed by atoms with Gasteiger partial charge in [0.1, 0.15) is 5.88 Å². The summed E-state index contributed by atoms with van der Waals surface area (Å²) >= 11 is 1.95. The molecule has 1 aliphatic heterocycles. The van der Waals surface area contributed by atoms with E-state index in [2.05, 4.69) is 22.1 Å². The molecule has 5 nitrogen and oxygen atoms in total. The lowest BCUT2D eigenvalue weighted by molar-refractivity contribution is -0.722. The molecular formula is C7H12N4OS. The molecule has 0 spiro atoms. The van der Waals surface area contributed by atoms with Crippen molar-refractivity contribution in [2.45, 2.75) is 24.6 Å². The van der Waals surface area contributed by atoms with Gasteiger partial charge in [-0.3, -0.25) is 0 Å². The summed E-state index contributed by atoms with van der Waals surface area (Å²) in [4.78, 5) is 1.48. The molecule has 0 radical (unpaired) electrons. The Labute approximate surface area is 80.6 Å².